The second-order valence-corrected chi connectivity index (χ2v) is 5.24. The lowest BCUT2D eigenvalue weighted by Crippen LogP contribution is -2.09. The summed E-state index contributed by atoms with van der Waals surface area (Å²) in [5.74, 6) is 0. The van der Waals surface area contributed by atoms with Crippen LogP contribution in [0.15, 0.2) is 24.5 Å². The molecule has 2 aromatic heterocycles. The first-order chi connectivity index (χ1) is 9.00. The summed E-state index contributed by atoms with van der Waals surface area (Å²) in [5.41, 5.74) is 4.54. The molecule has 2 aromatic rings. The van der Waals surface area contributed by atoms with Crippen molar-refractivity contribution in [1.82, 2.24) is 14.8 Å². The lowest BCUT2D eigenvalue weighted by Gasteiger charge is -2.16. The van der Waals surface area contributed by atoms with Crippen LogP contribution in [0.3, 0.4) is 0 Å². The zero-order valence-corrected chi connectivity index (χ0v) is 12.3. The quantitative estimate of drug-likeness (QED) is 0.910. The summed E-state index contributed by atoms with van der Waals surface area (Å²) in [6, 6.07) is 4.64. The predicted molar refractivity (Wildman–Crippen MR) is 78.4 cm³/mol. The van der Waals surface area contributed by atoms with Gasteiger partial charge in [0.15, 0.2) is 0 Å². The minimum atomic E-state index is 0.218. The highest BCUT2D eigenvalue weighted by Crippen LogP contribution is 2.26. The molecule has 19 heavy (non-hydrogen) atoms. The average Bonchev–Trinajstić information content (AvgIpc) is 2.68. The molecule has 0 saturated carbocycles. The number of nitrogens with one attached hydrogen (secondary N) is 1. The Morgan fingerprint density at radius 2 is 1.95 bits per heavy atom. The van der Waals surface area contributed by atoms with Gasteiger partial charge in [-0.15, -0.1) is 0 Å². The molecule has 1 N–H and O–H groups in total. The monoisotopic (exact) mass is 258 g/mol. The zero-order chi connectivity index (χ0) is 14.0. The number of hydrogen-bond donors (Lipinski definition) is 1. The Morgan fingerprint density at radius 1 is 1.21 bits per heavy atom. The summed E-state index contributed by atoms with van der Waals surface area (Å²) < 4.78 is 2.06. The van der Waals surface area contributed by atoms with Crippen LogP contribution in [-0.4, -0.2) is 14.8 Å². The van der Waals surface area contributed by atoms with Crippen molar-refractivity contribution in [3.8, 4) is 0 Å². The van der Waals surface area contributed by atoms with Crippen LogP contribution >= 0.6 is 0 Å². The van der Waals surface area contributed by atoms with Gasteiger partial charge >= 0.3 is 0 Å². The number of hydrogen-bond acceptors (Lipinski definition) is 3. The summed E-state index contributed by atoms with van der Waals surface area (Å²) in [7, 11) is 0. The van der Waals surface area contributed by atoms with Gasteiger partial charge in [0.05, 0.1) is 23.1 Å². The topological polar surface area (TPSA) is 42.7 Å². The summed E-state index contributed by atoms with van der Waals surface area (Å²) in [4.78, 5) is 4.16. The van der Waals surface area contributed by atoms with E-state index in [1.165, 1.54) is 11.3 Å². The van der Waals surface area contributed by atoms with Crippen LogP contribution in [0.2, 0.25) is 0 Å². The number of rotatable bonds is 4. The normalized spacial score (nSPS) is 12.7. The molecule has 0 radical (unpaired) electrons. The van der Waals surface area contributed by atoms with Crippen molar-refractivity contribution in [3.63, 3.8) is 0 Å². The molecule has 0 aliphatic heterocycles. The smallest absolute Gasteiger partial charge is 0.0828 e. The maximum Gasteiger partial charge on any atom is 0.0828 e. The molecule has 0 aromatic carbocycles. The Labute approximate surface area is 114 Å². The highest BCUT2D eigenvalue weighted by atomic mass is 15.3. The molecule has 1 unspecified atom stereocenters. The molecule has 102 valence electrons. The van der Waals surface area contributed by atoms with E-state index in [0.717, 1.165) is 11.4 Å². The van der Waals surface area contributed by atoms with Crippen molar-refractivity contribution in [2.24, 2.45) is 0 Å². The molecule has 0 aliphatic rings. The highest BCUT2D eigenvalue weighted by molar-refractivity contribution is 5.53. The van der Waals surface area contributed by atoms with Gasteiger partial charge in [0.1, 0.15) is 0 Å². The molecule has 0 fully saturated rings. The van der Waals surface area contributed by atoms with E-state index in [0.29, 0.717) is 6.04 Å². The molecular weight excluding hydrogens is 236 g/mol. The predicted octanol–water partition coefficient (Wildman–Crippen LogP) is 3.65. The summed E-state index contributed by atoms with van der Waals surface area (Å²) in [5, 5.41) is 8.14. The van der Waals surface area contributed by atoms with Crippen LogP contribution < -0.4 is 5.32 Å². The van der Waals surface area contributed by atoms with Gasteiger partial charge in [-0.2, -0.15) is 5.10 Å². The van der Waals surface area contributed by atoms with E-state index in [1.54, 1.807) is 6.20 Å². The Morgan fingerprint density at radius 3 is 2.47 bits per heavy atom. The van der Waals surface area contributed by atoms with Crippen molar-refractivity contribution >= 4 is 5.69 Å². The molecule has 1 atom stereocenters. The van der Waals surface area contributed by atoms with Crippen molar-refractivity contribution in [2.75, 3.05) is 5.32 Å². The van der Waals surface area contributed by atoms with Crippen molar-refractivity contribution in [1.29, 1.82) is 0 Å². The van der Waals surface area contributed by atoms with E-state index in [1.807, 2.05) is 19.2 Å². The maximum atomic E-state index is 4.59. The average molecular weight is 258 g/mol. The molecule has 2 heterocycles. The third-order valence-electron chi connectivity index (χ3n) is 3.36. The van der Waals surface area contributed by atoms with Gasteiger partial charge in [0, 0.05) is 18.4 Å². The lowest BCUT2D eigenvalue weighted by atomic mass is 10.1. The fourth-order valence-corrected chi connectivity index (χ4v) is 2.31. The first kappa shape index (κ1) is 13.6. The van der Waals surface area contributed by atoms with E-state index in [-0.39, 0.29) is 6.04 Å². The van der Waals surface area contributed by atoms with Gasteiger partial charge in [-0.3, -0.25) is 9.67 Å². The lowest BCUT2D eigenvalue weighted by molar-refractivity contribution is 0.516. The van der Waals surface area contributed by atoms with Crippen LogP contribution in [0, 0.1) is 13.8 Å². The van der Waals surface area contributed by atoms with Crippen molar-refractivity contribution < 1.29 is 0 Å². The number of aromatic nitrogens is 3. The van der Waals surface area contributed by atoms with Gasteiger partial charge < -0.3 is 5.32 Å². The number of pyridine rings is 1. The number of aryl methyl sites for hydroxylation is 1. The molecule has 0 spiro atoms. The van der Waals surface area contributed by atoms with Gasteiger partial charge in [0.25, 0.3) is 0 Å². The molecule has 0 saturated heterocycles. The largest absolute Gasteiger partial charge is 0.375 e. The molecule has 0 aliphatic carbocycles. The van der Waals surface area contributed by atoms with Crippen LogP contribution in [0.4, 0.5) is 5.69 Å². The SMILES string of the molecule is Cc1nn(C(C)C)c(C)c1NC(C)c1cccnc1. The maximum absolute atomic E-state index is 4.59. The van der Waals surface area contributed by atoms with Crippen LogP contribution in [-0.2, 0) is 0 Å². The molecule has 4 heteroatoms. The molecule has 4 nitrogen and oxygen atoms in total. The standard InChI is InChI=1S/C15H22N4/c1-10(2)19-13(5)15(12(4)18-19)17-11(3)14-7-6-8-16-9-14/h6-11,17H,1-5H3. The fraction of sp³-hybridized carbons (Fsp3) is 0.467. The van der Waals surface area contributed by atoms with Gasteiger partial charge in [-0.05, 0) is 46.2 Å². The fourth-order valence-electron chi connectivity index (χ4n) is 2.31. The minimum Gasteiger partial charge on any atom is -0.375 e. The van der Waals surface area contributed by atoms with E-state index in [4.69, 9.17) is 0 Å². The molecular formula is C15H22N4. The molecule has 2 rings (SSSR count). The van der Waals surface area contributed by atoms with Crippen LogP contribution in [0.5, 0.6) is 0 Å². The zero-order valence-electron chi connectivity index (χ0n) is 12.3. The van der Waals surface area contributed by atoms with E-state index in [2.05, 4.69) is 53.8 Å². The Kier molecular flexibility index (Phi) is 3.88. The van der Waals surface area contributed by atoms with E-state index in [9.17, 15) is 0 Å². The van der Waals surface area contributed by atoms with Crippen LogP contribution in [0.25, 0.3) is 0 Å². The van der Waals surface area contributed by atoms with Crippen molar-refractivity contribution in [3.05, 3.63) is 41.5 Å². The Bertz CT molecular complexity index is 543. The first-order valence-electron chi connectivity index (χ1n) is 6.73. The van der Waals surface area contributed by atoms with Gasteiger partial charge in [0.2, 0.25) is 0 Å². The second-order valence-electron chi connectivity index (χ2n) is 5.24. The molecule has 0 bridgehead atoms. The Hall–Kier alpha value is -1.84. The van der Waals surface area contributed by atoms with E-state index < -0.39 is 0 Å². The van der Waals surface area contributed by atoms with E-state index >= 15 is 0 Å². The third kappa shape index (κ3) is 2.78. The summed E-state index contributed by atoms with van der Waals surface area (Å²) in [6.45, 7) is 10.6. The second kappa shape index (κ2) is 5.43. The Balaban J connectivity index is 2.24. The third-order valence-corrected chi connectivity index (χ3v) is 3.36. The number of anilines is 1. The summed E-state index contributed by atoms with van der Waals surface area (Å²) >= 11 is 0. The van der Waals surface area contributed by atoms with Gasteiger partial charge in [-0.1, -0.05) is 6.07 Å². The van der Waals surface area contributed by atoms with Crippen LogP contribution in [0.1, 0.15) is 49.8 Å². The van der Waals surface area contributed by atoms with Gasteiger partial charge in [-0.25, -0.2) is 0 Å². The minimum absolute atomic E-state index is 0.218. The highest BCUT2D eigenvalue weighted by Gasteiger charge is 2.15. The molecule has 0 amide bonds. The first-order valence-corrected chi connectivity index (χ1v) is 6.73. The van der Waals surface area contributed by atoms with Crippen molar-refractivity contribution in [2.45, 2.75) is 46.7 Å². The number of nitrogens with zero attached hydrogens (tertiary/aromatic N) is 3. The summed E-state index contributed by atoms with van der Waals surface area (Å²) in [6.07, 6.45) is 3.69.